The maximum Gasteiger partial charge on any atom is 0.194 e. The molecular formula is C42H24N4OS. The molecule has 224 valence electrons. The van der Waals surface area contributed by atoms with Crippen molar-refractivity contribution in [3.05, 3.63) is 167 Å². The number of anilines is 3. The number of rotatable bonds is 5. The fraction of sp³-hybridized carbons (Fsp3) is 0. The second kappa shape index (κ2) is 12.0. The minimum Gasteiger partial charge on any atom is -0.308 e. The van der Waals surface area contributed by atoms with Crippen LogP contribution in [0, 0.1) is 22.7 Å². The van der Waals surface area contributed by atoms with Crippen LogP contribution >= 0.6 is 11.3 Å². The SMILES string of the molecule is N#CC(C#N)=C1/C(=C\c2ccc(-c3ccc(N(c4ccccc4)c4cnc5ccccc5c4)c4ccccc34)s2)C(=O)c2ccccc21. The van der Waals surface area contributed by atoms with Crippen LogP contribution in [0.25, 0.3) is 43.8 Å². The lowest BCUT2D eigenvalue weighted by atomic mass is 9.99. The minimum atomic E-state index is -0.183. The summed E-state index contributed by atoms with van der Waals surface area (Å²) >= 11 is 1.57. The molecule has 0 atom stereocenters. The molecule has 0 unspecified atom stereocenters. The Morgan fingerprint density at radius 1 is 0.688 bits per heavy atom. The first kappa shape index (κ1) is 28.8. The van der Waals surface area contributed by atoms with Crippen LogP contribution in [-0.2, 0) is 0 Å². The molecule has 1 aliphatic rings. The molecule has 0 radical (unpaired) electrons. The third-order valence-electron chi connectivity index (χ3n) is 8.60. The molecule has 0 saturated heterocycles. The average molecular weight is 633 g/mol. The van der Waals surface area contributed by atoms with E-state index in [0.29, 0.717) is 22.3 Å². The summed E-state index contributed by atoms with van der Waals surface area (Å²) in [7, 11) is 0. The number of ketones is 1. The van der Waals surface area contributed by atoms with Crippen LogP contribution in [0.2, 0.25) is 0 Å². The number of hydrogen-bond acceptors (Lipinski definition) is 6. The molecule has 0 aliphatic heterocycles. The van der Waals surface area contributed by atoms with Crippen LogP contribution < -0.4 is 4.90 Å². The summed E-state index contributed by atoms with van der Waals surface area (Å²) in [6, 6.07) is 48.5. The van der Waals surface area contributed by atoms with E-state index in [1.807, 2.05) is 72.9 Å². The van der Waals surface area contributed by atoms with E-state index >= 15 is 0 Å². The number of carbonyl (C=O) groups excluding carboxylic acids is 1. The lowest BCUT2D eigenvalue weighted by Crippen LogP contribution is -2.11. The monoisotopic (exact) mass is 632 g/mol. The van der Waals surface area contributed by atoms with E-state index in [4.69, 9.17) is 4.98 Å². The molecule has 0 bridgehead atoms. The van der Waals surface area contributed by atoms with Crippen molar-refractivity contribution in [3.8, 4) is 22.6 Å². The van der Waals surface area contributed by atoms with E-state index in [1.54, 1.807) is 35.6 Å². The first-order valence-electron chi connectivity index (χ1n) is 15.4. The predicted molar refractivity (Wildman–Crippen MR) is 194 cm³/mol. The third kappa shape index (κ3) is 4.85. The molecular weight excluding hydrogens is 609 g/mol. The minimum absolute atomic E-state index is 0.0671. The maximum atomic E-state index is 13.5. The Kier molecular flexibility index (Phi) is 7.19. The summed E-state index contributed by atoms with van der Waals surface area (Å²) in [6.07, 6.45) is 3.73. The number of carbonyl (C=O) groups is 1. The molecule has 8 rings (SSSR count). The van der Waals surface area contributed by atoms with E-state index in [2.05, 4.69) is 65.6 Å². The molecule has 6 heteroatoms. The number of hydrogen-bond donors (Lipinski definition) is 0. The van der Waals surface area contributed by atoms with E-state index in [-0.39, 0.29) is 11.4 Å². The maximum absolute atomic E-state index is 13.5. The van der Waals surface area contributed by atoms with E-state index in [9.17, 15) is 15.3 Å². The predicted octanol–water partition coefficient (Wildman–Crippen LogP) is 10.7. The van der Waals surface area contributed by atoms with Crippen molar-refractivity contribution in [2.45, 2.75) is 0 Å². The lowest BCUT2D eigenvalue weighted by Gasteiger charge is -2.27. The third-order valence-corrected chi connectivity index (χ3v) is 9.66. The molecule has 2 aromatic heterocycles. The number of Topliss-reactive ketones (excluding diaryl/α,β-unsaturated/α-hetero) is 1. The van der Waals surface area contributed by atoms with Gasteiger partial charge in [0.05, 0.1) is 23.1 Å². The highest BCUT2D eigenvalue weighted by Gasteiger charge is 2.32. The summed E-state index contributed by atoms with van der Waals surface area (Å²) in [4.78, 5) is 22.4. The second-order valence-corrected chi connectivity index (χ2v) is 12.5. The van der Waals surface area contributed by atoms with Crippen LogP contribution in [0.3, 0.4) is 0 Å². The number of nitrogens with zero attached hydrogens (tertiary/aromatic N) is 4. The lowest BCUT2D eigenvalue weighted by molar-refractivity contribution is 0.104. The van der Waals surface area contributed by atoms with E-state index in [1.165, 1.54) is 0 Å². The fourth-order valence-corrected chi connectivity index (χ4v) is 7.43. The second-order valence-electron chi connectivity index (χ2n) is 11.3. The fourth-order valence-electron chi connectivity index (χ4n) is 6.44. The molecule has 7 aromatic rings. The smallest absolute Gasteiger partial charge is 0.194 e. The first-order valence-corrected chi connectivity index (χ1v) is 16.2. The zero-order valence-electron chi connectivity index (χ0n) is 25.5. The zero-order valence-corrected chi connectivity index (χ0v) is 26.3. The number of aromatic nitrogens is 1. The Labute approximate surface area is 281 Å². The Morgan fingerprint density at radius 2 is 1.40 bits per heavy atom. The highest BCUT2D eigenvalue weighted by molar-refractivity contribution is 7.16. The molecule has 5 nitrogen and oxygen atoms in total. The molecule has 0 fully saturated rings. The topological polar surface area (TPSA) is 80.8 Å². The number of fused-ring (bicyclic) bond motifs is 3. The largest absolute Gasteiger partial charge is 0.308 e. The number of thiophene rings is 1. The molecule has 0 amide bonds. The number of para-hydroxylation sites is 2. The van der Waals surface area contributed by atoms with Gasteiger partial charge in [-0.25, -0.2) is 0 Å². The van der Waals surface area contributed by atoms with Gasteiger partial charge in [-0.3, -0.25) is 9.78 Å². The van der Waals surface area contributed by atoms with Crippen molar-refractivity contribution in [2.75, 3.05) is 4.90 Å². The van der Waals surface area contributed by atoms with Gasteiger partial charge in [-0.15, -0.1) is 11.3 Å². The van der Waals surface area contributed by atoms with Crippen LogP contribution in [0.5, 0.6) is 0 Å². The number of allylic oxidation sites excluding steroid dienone is 3. The molecule has 5 aromatic carbocycles. The van der Waals surface area contributed by atoms with Gasteiger partial charge in [0.25, 0.3) is 0 Å². The highest BCUT2D eigenvalue weighted by Crippen LogP contribution is 2.45. The standard InChI is InChI=1S/C42H24N4OS/c43-24-28(25-44)41-35-15-7-8-16-36(35)42(47)37(41)23-31-18-21-40(48-31)34-19-20-39(33-14-6-5-13-32(33)34)46(29-11-2-1-3-12-29)30-22-27-10-4-9-17-38(27)45-26-30/h1-23,26H/b37-23+. The van der Waals surface area contributed by atoms with Gasteiger partial charge < -0.3 is 4.90 Å². The highest BCUT2D eigenvalue weighted by atomic mass is 32.1. The summed E-state index contributed by atoms with van der Waals surface area (Å²) in [5, 5.41) is 22.7. The van der Waals surface area contributed by atoms with Crippen LogP contribution in [0.4, 0.5) is 17.1 Å². The Bertz CT molecular complexity index is 2550. The normalized spacial score (nSPS) is 13.0. The molecule has 1 aliphatic carbocycles. The van der Waals surface area contributed by atoms with E-state index < -0.39 is 0 Å². The van der Waals surface area contributed by atoms with E-state index in [0.717, 1.165) is 54.1 Å². The van der Waals surface area contributed by atoms with Gasteiger partial charge in [-0.2, -0.15) is 10.5 Å². The zero-order chi connectivity index (χ0) is 32.6. The Balaban J connectivity index is 1.25. The number of nitriles is 2. The molecule has 0 spiro atoms. The first-order chi connectivity index (χ1) is 23.6. The van der Waals surface area contributed by atoms with Crippen molar-refractivity contribution in [3.63, 3.8) is 0 Å². The summed E-state index contributed by atoms with van der Waals surface area (Å²) < 4.78 is 0. The number of pyridine rings is 1. The molecule has 0 N–H and O–H groups in total. The number of benzene rings is 5. The van der Waals surface area contributed by atoms with Crippen molar-refractivity contribution >= 4 is 67.5 Å². The van der Waals surface area contributed by atoms with Gasteiger partial charge in [0.1, 0.15) is 17.7 Å². The quantitative estimate of drug-likeness (QED) is 0.139. The van der Waals surface area contributed by atoms with Crippen molar-refractivity contribution in [1.29, 1.82) is 10.5 Å². The van der Waals surface area contributed by atoms with Crippen LogP contribution in [0.1, 0.15) is 20.8 Å². The molecule has 48 heavy (non-hydrogen) atoms. The summed E-state index contributed by atoms with van der Waals surface area (Å²) in [6.45, 7) is 0. The van der Waals surface area contributed by atoms with Gasteiger partial charge in [0, 0.05) is 42.9 Å². The van der Waals surface area contributed by atoms with Gasteiger partial charge in [-0.05, 0) is 65.1 Å². The molecule has 2 heterocycles. The van der Waals surface area contributed by atoms with Crippen LogP contribution in [0.15, 0.2) is 151 Å². The van der Waals surface area contributed by atoms with Gasteiger partial charge in [-0.1, -0.05) is 91.0 Å². The van der Waals surface area contributed by atoms with Crippen LogP contribution in [-0.4, -0.2) is 10.8 Å². The van der Waals surface area contributed by atoms with Gasteiger partial charge in [0.2, 0.25) is 0 Å². The van der Waals surface area contributed by atoms with Gasteiger partial charge in [0.15, 0.2) is 5.78 Å². The Morgan fingerprint density at radius 3 is 2.21 bits per heavy atom. The summed E-state index contributed by atoms with van der Waals surface area (Å²) in [5.74, 6) is -0.183. The average Bonchev–Trinajstić information content (AvgIpc) is 3.72. The van der Waals surface area contributed by atoms with Crippen molar-refractivity contribution in [2.24, 2.45) is 0 Å². The molecule has 0 saturated carbocycles. The van der Waals surface area contributed by atoms with Crippen molar-refractivity contribution in [1.82, 2.24) is 4.98 Å². The summed E-state index contributed by atoms with van der Waals surface area (Å²) in [5.41, 5.74) is 6.85. The van der Waals surface area contributed by atoms with Crippen molar-refractivity contribution < 1.29 is 4.79 Å². The van der Waals surface area contributed by atoms with Gasteiger partial charge >= 0.3 is 0 Å². The Hall–Kier alpha value is -6.60.